The smallest absolute Gasteiger partial charge is 0.138 e. The van der Waals surface area contributed by atoms with E-state index in [2.05, 4.69) is 37.1 Å². The lowest BCUT2D eigenvalue weighted by Gasteiger charge is -2.54. The van der Waals surface area contributed by atoms with E-state index in [-0.39, 0.29) is 11.5 Å². The average Bonchev–Trinajstić information content (AvgIpc) is 2.92. The molecule has 1 N–H and O–H groups in total. The molecule has 1 aromatic rings. The van der Waals surface area contributed by atoms with Crippen LogP contribution in [0.2, 0.25) is 0 Å². The van der Waals surface area contributed by atoms with Crippen LogP contribution in [0.3, 0.4) is 0 Å². The van der Waals surface area contributed by atoms with E-state index in [0.29, 0.717) is 17.4 Å². The summed E-state index contributed by atoms with van der Waals surface area (Å²) in [7, 11) is 2.26. The molecule has 2 bridgehead atoms. The van der Waals surface area contributed by atoms with E-state index in [1.54, 1.807) is 0 Å². The van der Waals surface area contributed by atoms with Crippen LogP contribution >= 0.6 is 0 Å². The number of likely N-dealkylation sites (tertiary alicyclic amines) is 1. The molecule has 6 unspecified atom stereocenters. The van der Waals surface area contributed by atoms with Crippen LogP contribution in [0, 0.1) is 18.3 Å². The highest BCUT2D eigenvalue weighted by atomic mass is 16.5. The van der Waals surface area contributed by atoms with Crippen molar-refractivity contribution < 1.29 is 9.84 Å². The number of aryl methyl sites for hydroxylation is 1. The fourth-order valence-corrected chi connectivity index (χ4v) is 6.89. The first kappa shape index (κ1) is 12.1. The van der Waals surface area contributed by atoms with Crippen LogP contribution in [0.1, 0.15) is 23.1 Å². The Morgan fingerprint density at radius 3 is 3.00 bits per heavy atom. The maximum atomic E-state index is 10.6. The number of aliphatic hydroxyl groups is 1. The van der Waals surface area contributed by atoms with E-state index < -0.39 is 6.10 Å². The zero-order chi connectivity index (χ0) is 14.9. The molecule has 2 spiro atoms. The lowest BCUT2D eigenvalue weighted by atomic mass is 9.60. The van der Waals surface area contributed by atoms with Gasteiger partial charge < -0.3 is 14.7 Å². The first-order valence-corrected chi connectivity index (χ1v) is 8.43. The molecule has 1 aromatic carbocycles. The van der Waals surface area contributed by atoms with Gasteiger partial charge in [0.15, 0.2) is 0 Å². The van der Waals surface area contributed by atoms with Gasteiger partial charge in [-0.05, 0) is 37.9 Å². The Kier molecular flexibility index (Phi) is 1.82. The summed E-state index contributed by atoms with van der Waals surface area (Å²) in [6.45, 7) is 3.33. The molecule has 0 amide bonds. The summed E-state index contributed by atoms with van der Waals surface area (Å²) in [5.41, 5.74) is 4.56. The molecule has 2 heterocycles. The summed E-state index contributed by atoms with van der Waals surface area (Å²) in [6.07, 6.45) is 6.10. The molecule has 0 radical (unpaired) electrons. The van der Waals surface area contributed by atoms with Crippen molar-refractivity contribution in [3.05, 3.63) is 41.0 Å². The van der Waals surface area contributed by atoms with E-state index in [0.717, 1.165) is 5.75 Å². The van der Waals surface area contributed by atoms with Gasteiger partial charge in [-0.15, -0.1) is 0 Å². The first-order chi connectivity index (χ1) is 10.6. The van der Waals surface area contributed by atoms with Crippen LogP contribution in [0.4, 0.5) is 0 Å². The average molecular weight is 295 g/mol. The lowest BCUT2D eigenvalue weighted by molar-refractivity contribution is -0.0433. The number of nitrogens with zero attached hydrogens (tertiary/aromatic N) is 1. The summed E-state index contributed by atoms with van der Waals surface area (Å²) in [6, 6.07) is 5.14. The molecule has 114 valence electrons. The third kappa shape index (κ3) is 0.993. The maximum Gasteiger partial charge on any atom is 0.138 e. The fraction of sp³-hybridized carbons (Fsp3) is 0.579. The van der Waals surface area contributed by atoms with E-state index >= 15 is 0 Å². The van der Waals surface area contributed by atoms with Gasteiger partial charge in [0.25, 0.3) is 0 Å². The van der Waals surface area contributed by atoms with Gasteiger partial charge in [0, 0.05) is 34.9 Å². The molecule has 6 rings (SSSR count). The molecular weight excluding hydrogens is 274 g/mol. The number of hydrogen-bond donors (Lipinski definition) is 1. The van der Waals surface area contributed by atoms with Crippen LogP contribution in [0.5, 0.6) is 5.75 Å². The molecule has 0 aromatic heterocycles. The zero-order valence-corrected chi connectivity index (χ0v) is 13.0. The molecule has 2 aliphatic heterocycles. The highest BCUT2D eigenvalue weighted by molar-refractivity contribution is 5.61. The zero-order valence-electron chi connectivity index (χ0n) is 13.0. The summed E-state index contributed by atoms with van der Waals surface area (Å²) in [4.78, 5) is 2.52. The highest BCUT2D eigenvalue weighted by Gasteiger charge is 2.75. The quantitative estimate of drug-likeness (QED) is 0.741. The molecule has 3 nitrogen and oxygen atoms in total. The minimum atomic E-state index is -0.478. The third-order valence-electron chi connectivity index (χ3n) is 7.27. The predicted molar refractivity (Wildman–Crippen MR) is 83.1 cm³/mol. The second-order valence-electron chi connectivity index (χ2n) is 8.30. The van der Waals surface area contributed by atoms with Crippen molar-refractivity contribution >= 4 is 0 Å². The summed E-state index contributed by atoms with van der Waals surface area (Å²) in [5.74, 6) is 1.57. The Morgan fingerprint density at radius 1 is 1.32 bits per heavy atom. The topological polar surface area (TPSA) is 32.7 Å². The Hall–Kier alpha value is -1.32. The molecule has 1 saturated carbocycles. The minimum absolute atomic E-state index is 0.0124. The number of hydrogen-bond acceptors (Lipinski definition) is 3. The van der Waals surface area contributed by atoms with Crippen LogP contribution in [0.25, 0.3) is 0 Å². The van der Waals surface area contributed by atoms with Crippen molar-refractivity contribution in [1.29, 1.82) is 0 Å². The number of fused-ring (bicyclic) bond motifs is 1. The van der Waals surface area contributed by atoms with Crippen LogP contribution in [-0.4, -0.2) is 41.8 Å². The Labute approximate surface area is 130 Å². The highest BCUT2D eigenvalue weighted by Crippen LogP contribution is 2.72. The number of ether oxygens (including phenoxy) is 1. The molecule has 1 saturated heterocycles. The van der Waals surface area contributed by atoms with Crippen LogP contribution in [0.15, 0.2) is 24.3 Å². The van der Waals surface area contributed by atoms with E-state index in [9.17, 15) is 5.11 Å². The maximum absolute atomic E-state index is 10.6. The number of rotatable bonds is 0. The monoisotopic (exact) mass is 295 g/mol. The number of benzene rings is 1. The fourth-order valence-electron chi connectivity index (χ4n) is 6.89. The molecular formula is C19H21NO2. The molecule has 2 fully saturated rings. The summed E-state index contributed by atoms with van der Waals surface area (Å²) >= 11 is 0. The number of aliphatic hydroxyl groups excluding tert-OH is 1. The minimum Gasteiger partial charge on any atom is -0.486 e. The summed E-state index contributed by atoms with van der Waals surface area (Å²) in [5, 5.41) is 10.6. The van der Waals surface area contributed by atoms with Gasteiger partial charge in [-0.2, -0.15) is 0 Å². The second-order valence-corrected chi connectivity index (χ2v) is 8.30. The van der Waals surface area contributed by atoms with Crippen molar-refractivity contribution in [1.82, 2.24) is 4.90 Å². The van der Waals surface area contributed by atoms with Crippen LogP contribution in [-0.2, 0) is 11.8 Å². The normalized spacial score (nSPS) is 49.4. The van der Waals surface area contributed by atoms with Gasteiger partial charge >= 0.3 is 0 Å². The van der Waals surface area contributed by atoms with Gasteiger partial charge in [0.05, 0.1) is 0 Å². The standard InChI is InChI=1S/C19H21NO2/c1-10-3-4-11-7-18-8-19-12(16(18)20(2)9-18)5-6-13(21)17(19)22-15(10)14(11)19/h3-6,12-13,16-17,21H,7-9H2,1-2H3. The predicted octanol–water partition coefficient (Wildman–Crippen LogP) is 1.80. The molecule has 6 atom stereocenters. The Balaban J connectivity index is 1.71. The Morgan fingerprint density at radius 2 is 2.18 bits per heavy atom. The lowest BCUT2D eigenvalue weighted by Crippen LogP contribution is -2.62. The van der Waals surface area contributed by atoms with Crippen molar-refractivity contribution in [3.63, 3.8) is 0 Å². The van der Waals surface area contributed by atoms with Crippen LogP contribution < -0.4 is 4.74 Å². The van der Waals surface area contributed by atoms with E-state index in [1.807, 2.05) is 6.08 Å². The van der Waals surface area contributed by atoms with Crippen molar-refractivity contribution in [2.24, 2.45) is 11.3 Å². The van der Waals surface area contributed by atoms with E-state index in [1.165, 1.54) is 36.1 Å². The third-order valence-corrected chi connectivity index (χ3v) is 7.27. The Bertz CT molecular complexity index is 756. The SMILES string of the molecule is Cc1ccc2c3c1OC1C(O)C=CC4C5N(C)CC5(C2)CC341. The van der Waals surface area contributed by atoms with E-state index in [4.69, 9.17) is 4.74 Å². The van der Waals surface area contributed by atoms with Gasteiger partial charge in [-0.3, -0.25) is 0 Å². The van der Waals surface area contributed by atoms with Crippen molar-refractivity contribution in [2.45, 2.75) is 43.4 Å². The van der Waals surface area contributed by atoms with Gasteiger partial charge in [-0.1, -0.05) is 24.3 Å². The van der Waals surface area contributed by atoms with Crippen molar-refractivity contribution in [2.75, 3.05) is 13.6 Å². The van der Waals surface area contributed by atoms with Crippen molar-refractivity contribution in [3.8, 4) is 5.75 Å². The molecule has 22 heavy (non-hydrogen) atoms. The molecule has 3 aliphatic carbocycles. The summed E-state index contributed by atoms with van der Waals surface area (Å²) < 4.78 is 6.40. The van der Waals surface area contributed by atoms with Gasteiger partial charge in [-0.25, -0.2) is 0 Å². The van der Waals surface area contributed by atoms with Gasteiger partial charge in [0.2, 0.25) is 0 Å². The molecule has 3 heteroatoms. The first-order valence-electron chi connectivity index (χ1n) is 8.43. The van der Waals surface area contributed by atoms with Gasteiger partial charge in [0.1, 0.15) is 18.0 Å². The largest absolute Gasteiger partial charge is 0.486 e. The molecule has 5 aliphatic rings. The second kappa shape index (κ2) is 3.29.